The normalized spacial score (nSPS) is 10.2. The number of benzene rings is 1. The van der Waals surface area contributed by atoms with E-state index in [-0.39, 0.29) is 11.4 Å². The van der Waals surface area contributed by atoms with Crippen molar-refractivity contribution in [1.29, 1.82) is 0 Å². The van der Waals surface area contributed by atoms with Crippen molar-refractivity contribution >= 4 is 17.7 Å². The maximum absolute atomic E-state index is 11.3. The molecule has 19 heavy (non-hydrogen) atoms. The number of aromatic nitrogens is 1. The number of ether oxygens (including phenoxy) is 1. The number of pyridine rings is 1. The fourth-order valence-electron chi connectivity index (χ4n) is 1.68. The molecule has 1 N–H and O–H groups in total. The molecule has 2 aromatic rings. The zero-order valence-electron chi connectivity index (χ0n) is 10.6. The molecule has 1 aromatic carbocycles. The van der Waals surface area contributed by atoms with Gasteiger partial charge in [-0.15, -0.1) is 11.8 Å². The first-order valence-electron chi connectivity index (χ1n) is 5.63. The third-order valence-electron chi connectivity index (χ3n) is 2.61. The van der Waals surface area contributed by atoms with Gasteiger partial charge in [-0.2, -0.15) is 0 Å². The summed E-state index contributed by atoms with van der Waals surface area (Å²) in [5, 5.41) is 9.23. The van der Waals surface area contributed by atoms with Gasteiger partial charge in [0.05, 0.1) is 0 Å². The van der Waals surface area contributed by atoms with Crippen molar-refractivity contribution in [2.24, 2.45) is 0 Å². The van der Waals surface area contributed by atoms with E-state index in [2.05, 4.69) is 4.98 Å². The number of rotatable bonds is 4. The third kappa shape index (κ3) is 2.88. The van der Waals surface area contributed by atoms with Gasteiger partial charge in [-0.25, -0.2) is 9.78 Å². The fourth-order valence-corrected chi connectivity index (χ4v) is 2.20. The second kappa shape index (κ2) is 5.75. The van der Waals surface area contributed by atoms with E-state index in [0.717, 1.165) is 4.90 Å². The average molecular weight is 275 g/mol. The molecule has 0 saturated carbocycles. The minimum absolute atomic E-state index is 0.0957. The minimum Gasteiger partial charge on any atom is -0.477 e. The average Bonchev–Trinajstić information content (AvgIpc) is 2.39. The molecule has 0 amide bonds. The Hall–Kier alpha value is -2.01. The van der Waals surface area contributed by atoms with Gasteiger partial charge in [-0.3, -0.25) is 0 Å². The van der Waals surface area contributed by atoms with Gasteiger partial charge < -0.3 is 9.84 Å². The largest absolute Gasteiger partial charge is 0.477 e. The molecule has 2 rings (SSSR count). The molecule has 0 aliphatic rings. The number of hydrogen-bond donors (Lipinski definition) is 1. The Bertz CT molecular complexity index is 613. The van der Waals surface area contributed by atoms with E-state index in [9.17, 15) is 9.90 Å². The summed E-state index contributed by atoms with van der Waals surface area (Å²) < 4.78 is 5.66. The Balaban J connectivity index is 2.44. The van der Waals surface area contributed by atoms with Gasteiger partial charge in [-0.05, 0) is 36.9 Å². The minimum atomic E-state index is -1.04. The second-order valence-corrected chi connectivity index (χ2v) is 4.71. The molecule has 0 radical (unpaired) electrons. The zero-order chi connectivity index (χ0) is 13.8. The highest BCUT2D eigenvalue weighted by Crippen LogP contribution is 2.32. The molecular formula is C14H13NO3S. The Morgan fingerprint density at radius 3 is 2.74 bits per heavy atom. The van der Waals surface area contributed by atoms with E-state index in [4.69, 9.17) is 4.74 Å². The summed E-state index contributed by atoms with van der Waals surface area (Å²) in [6.07, 6.45) is 3.47. The van der Waals surface area contributed by atoms with Crippen molar-refractivity contribution in [2.45, 2.75) is 11.8 Å². The van der Waals surface area contributed by atoms with Crippen LogP contribution in [0.5, 0.6) is 11.6 Å². The molecule has 0 spiro atoms. The highest BCUT2D eigenvalue weighted by atomic mass is 32.2. The van der Waals surface area contributed by atoms with Gasteiger partial charge in [0.15, 0.2) is 0 Å². The van der Waals surface area contributed by atoms with Crippen LogP contribution < -0.4 is 4.74 Å². The Morgan fingerprint density at radius 1 is 1.32 bits per heavy atom. The summed E-state index contributed by atoms with van der Waals surface area (Å²) in [4.78, 5) is 16.2. The van der Waals surface area contributed by atoms with Crippen LogP contribution in [0, 0.1) is 6.92 Å². The Labute approximate surface area is 115 Å². The highest BCUT2D eigenvalue weighted by molar-refractivity contribution is 7.98. The lowest BCUT2D eigenvalue weighted by molar-refractivity contribution is 0.0692. The predicted octanol–water partition coefficient (Wildman–Crippen LogP) is 3.60. The van der Waals surface area contributed by atoms with Crippen LogP contribution in [-0.4, -0.2) is 22.3 Å². The van der Waals surface area contributed by atoms with Gasteiger partial charge in [-0.1, -0.05) is 12.1 Å². The van der Waals surface area contributed by atoms with Gasteiger partial charge in [0.25, 0.3) is 0 Å². The topological polar surface area (TPSA) is 59.4 Å². The van der Waals surface area contributed by atoms with Crippen molar-refractivity contribution in [1.82, 2.24) is 4.98 Å². The lowest BCUT2D eigenvalue weighted by atomic mass is 10.1. The summed E-state index contributed by atoms with van der Waals surface area (Å²) in [5.74, 6) is -0.313. The zero-order valence-corrected chi connectivity index (χ0v) is 11.4. The molecule has 5 heteroatoms. The number of carbonyl (C=O) groups is 1. The van der Waals surface area contributed by atoms with Crippen LogP contribution in [0.1, 0.15) is 15.9 Å². The van der Waals surface area contributed by atoms with E-state index in [1.807, 2.05) is 24.5 Å². The Morgan fingerprint density at radius 2 is 2.05 bits per heavy atom. The van der Waals surface area contributed by atoms with E-state index < -0.39 is 5.97 Å². The molecule has 4 nitrogen and oxygen atoms in total. The maximum Gasteiger partial charge on any atom is 0.341 e. The molecule has 0 aliphatic heterocycles. The number of nitrogens with zero attached hydrogens (tertiary/aromatic N) is 1. The summed E-state index contributed by atoms with van der Waals surface area (Å²) in [6, 6.07) is 9.10. The van der Waals surface area contributed by atoms with E-state index in [1.54, 1.807) is 25.3 Å². The molecule has 0 unspecified atom stereocenters. The van der Waals surface area contributed by atoms with Crippen molar-refractivity contribution in [2.75, 3.05) is 6.26 Å². The van der Waals surface area contributed by atoms with Crippen LogP contribution in [0.25, 0.3) is 0 Å². The molecule has 0 bridgehead atoms. The lowest BCUT2D eigenvalue weighted by Crippen LogP contribution is -2.04. The summed E-state index contributed by atoms with van der Waals surface area (Å²) >= 11 is 1.53. The molecule has 1 heterocycles. The SMILES string of the molecule is CSc1ccccc1Oc1nccc(C)c1C(=O)O. The molecule has 0 atom stereocenters. The number of carboxylic acids is 1. The first kappa shape index (κ1) is 13.4. The lowest BCUT2D eigenvalue weighted by Gasteiger charge is -2.11. The monoisotopic (exact) mass is 275 g/mol. The van der Waals surface area contributed by atoms with Gasteiger partial charge in [0, 0.05) is 11.1 Å². The van der Waals surface area contributed by atoms with Gasteiger partial charge >= 0.3 is 5.97 Å². The number of thioether (sulfide) groups is 1. The van der Waals surface area contributed by atoms with Crippen LogP contribution >= 0.6 is 11.8 Å². The summed E-state index contributed by atoms with van der Waals surface area (Å²) in [7, 11) is 0. The molecule has 0 aliphatic carbocycles. The van der Waals surface area contributed by atoms with Crippen molar-refractivity contribution in [3.05, 3.63) is 47.7 Å². The fraction of sp³-hybridized carbons (Fsp3) is 0.143. The molecule has 0 saturated heterocycles. The quantitative estimate of drug-likeness (QED) is 0.864. The summed E-state index contributed by atoms with van der Waals surface area (Å²) in [6.45, 7) is 1.72. The number of hydrogen-bond acceptors (Lipinski definition) is 4. The third-order valence-corrected chi connectivity index (χ3v) is 3.39. The summed E-state index contributed by atoms with van der Waals surface area (Å²) in [5.41, 5.74) is 0.720. The standard InChI is InChI=1S/C14H13NO3S/c1-9-7-8-15-13(12(9)14(16)17)18-10-5-3-4-6-11(10)19-2/h3-8H,1-2H3,(H,16,17). The van der Waals surface area contributed by atoms with Crippen molar-refractivity contribution < 1.29 is 14.6 Å². The first-order valence-corrected chi connectivity index (χ1v) is 6.85. The second-order valence-electron chi connectivity index (χ2n) is 3.87. The molecule has 1 aromatic heterocycles. The van der Waals surface area contributed by atoms with Crippen LogP contribution in [-0.2, 0) is 0 Å². The van der Waals surface area contributed by atoms with Gasteiger partial charge in [0.1, 0.15) is 11.3 Å². The molecular weight excluding hydrogens is 262 g/mol. The van der Waals surface area contributed by atoms with Crippen LogP contribution in [0.15, 0.2) is 41.4 Å². The number of aromatic carboxylic acids is 1. The van der Waals surface area contributed by atoms with Gasteiger partial charge in [0.2, 0.25) is 5.88 Å². The van der Waals surface area contributed by atoms with E-state index in [1.165, 1.54) is 11.8 Å². The van der Waals surface area contributed by atoms with Crippen LogP contribution in [0.2, 0.25) is 0 Å². The Kier molecular flexibility index (Phi) is 4.06. The first-order chi connectivity index (χ1) is 9.13. The molecule has 98 valence electrons. The predicted molar refractivity (Wildman–Crippen MR) is 74.2 cm³/mol. The van der Waals surface area contributed by atoms with E-state index >= 15 is 0 Å². The van der Waals surface area contributed by atoms with Crippen molar-refractivity contribution in [3.8, 4) is 11.6 Å². The van der Waals surface area contributed by atoms with Crippen molar-refractivity contribution in [3.63, 3.8) is 0 Å². The number of carboxylic acid groups (broad SMARTS) is 1. The maximum atomic E-state index is 11.3. The number of aryl methyl sites for hydroxylation is 1. The van der Waals surface area contributed by atoms with Crippen LogP contribution in [0.4, 0.5) is 0 Å². The van der Waals surface area contributed by atoms with Crippen LogP contribution in [0.3, 0.4) is 0 Å². The molecule has 0 fully saturated rings. The number of para-hydroxylation sites is 1. The van der Waals surface area contributed by atoms with E-state index in [0.29, 0.717) is 11.3 Å². The smallest absolute Gasteiger partial charge is 0.341 e. The highest BCUT2D eigenvalue weighted by Gasteiger charge is 2.17.